The summed E-state index contributed by atoms with van der Waals surface area (Å²) in [6.07, 6.45) is 3.47. The lowest BCUT2D eigenvalue weighted by molar-refractivity contribution is 0.475. The van der Waals surface area contributed by atoms with Gasteiger partial charge in [0, 0.05) is 17.8 Å². The number of hydrogen-bond acceptors (Lipinski definition) is 10. The van der Waals surface area contributed by atoms with Crippen LogP contribution in [0.5, 0.6) is 11.5 Å². The van der Waals surface area contributed by atoms with Gasteiger partial charge in [-0.15, -0.1) is 10.2 Å². The van der Waals surface area contributed by atoms with Gasteiger partial charge in [0.15, 0.2) is 0 Å². The Hall–Kier alpha value is -4.99. The van der Waals surface area contributed by atoms with Gasteiger partial charge in [-0.2, -0.15) is 15.0 Å². The molecule has 0 fully saturated rings. The van der Waals surface area contributed by atoms with Crippen LogP contribution in [0.15, 0.2) is 89.4 Å². The van der Waals surface area contributed by atoms with E-state index in [2.05, 4.69) is 35.1 Å². The molecule has 10 nitrogen and oxygen atoms in total. The van der Waals surface area contributed by atoms with Gasteiger partial charge in [-0.25, -0.2) is 0 Å². The van der Waals surface area contributed by atoms with Gasteiger partial charge in [-0.3, -0.25) is 9.97 Å². The molecule has 5 rings (SSSR count). The minimum atomic E-state index is -0.0743. The monoisotopic (exact) mass is 478 g/mol. The molecule has 2 N–H and O–H groups in total. The molecule has 0 spiro atoms. The van der Waals surface area contributed by atoms with Crippen molar-refractivity contribution in [3.8, 4) is 11.5 Å². The maximum atomic E-state index is 10.4. The third-order valence-corrected chi connectivity index (χ3v) is 5.36. The van der Waals surface area contributed by atoms with Crippen LogP contribution < -0.4 is 4.90 Å². The Kier molecular flexibility index (Phi) is 6.39. The largest absolute Gasteiger partial charge is 0.508 e. The number of phenolic OH excluding ortho intramolecular Hbond substituents is 2. The van der Waals surface area contributed by atoms with Crippen LogP contribution in [-0.2, 0) is 13.1 Å². The number of anilines is 1. The summed E-state index contributed by atoms with van der Waals surface area (Å²) in [7, 11) is 0. The first-order chi connectivity index (χ1) is 17.5. The molecule has 0 saturated heterocycles. The Morgan fingerprint density at radius 1 is 0.778 bits per heavy atom. The maximum absolute atomic E-state index is 10.4. The number of hydrogen-bond donors (Lipinski definition) is 2. The van der Waals surface area contributed by atoms with Gasteiger partial charge >= 0.3 is 0 Å². The van der Waals surface area contributed by atoms with Crippen LogP contribution in [0.1, 0.15) is 17.2 Å². The third-order valence-electron chi connectivity index (χ3n) is 5.36. The van der Waals surface area contributed by atoms with E-state index in [0.717, 1.165) is 16.8 Å². The average Bonchev–Trinajstić information content (AvgIpc) is 2.88. The molecule has 36 heavy (non-hydrogen) atoms. The number of aryl methyl sites for hydroxylation is 1. The molecule has 2 aromatic carbocycles. The second-order valence-corrected chi connectivity index (χ2v) is 8.02. The van der Waals surface area contributed by atoms with E-state index in [0.29, 0.717) is 30.2 Å². The fourth-order valence-electron chi connectivity index (χ4n) is 3.69. The standard InChI is InChI=1S/C26H22N8O2/c1-17-29-25(33-32-24-22-14-21(35)10-8-18(22)9-11-23(24)36)31-26(30-17)34(15-19-6-2-4-12-27-19)16-20-7-3-5-13-28-20/h2-14,35-36H,15-16H2,1H3. The lowest BCUT2D eigenvalue weighted by atomic mass is 10.1. The molecule has 0 radical (unpaired) electrons. The number of pyridine rings is 2. The number of aromatic hydroxyl groups is 2. The molecule has 0 bridgehead atoms. The number of phenols is 2. The van der Waals surface area contributed by atoms with Crippen molar-refractivity contribution in [2.45, 2.75) is 20.0 Å². The lowest BCUT2D eigenvalue weighted by Gasteiger charge is -2.22. The van der Waals surface area contributed by atoms with Crippen LogP contribution in [-0.4, -0.2) is 35.1 Å². The van der Waals surface area contributed by atoms with Gasteiger partial charge in [0.1, 0.15) is 23.0 Å². The first kappa shape index (κ1) is 22.8. The Labute approximate surface area is 206 Å². The molecule has 0 amide bonds. The number of nitrogens with zero attached hydrogens (tertiary/aromatic N) is 8. The number of fused-ring (bicyclic) bond motifs is 1. The van der Waals surface area contributed by atoms with Crippen molar-refractivity contribution in [2.75, 3.05) is 4.90 Å². The van der Waals surface area contributed by atoms with E-state index in [4.69, 9.17) is 0 Å². The highest BCUT2D eigenvalue weighted by molar-refractivity contribution is 5.96. The Morgan fingerprint density at radius 2 is 1.47 bits per heavy atom. The summed E-state index contributed by atoms with van der Waals surface area (Å²) in [4.78, 5) is 24.1. The van der Waals surface area contributed by atoms with Crippen molar-refractivity contribution in [1.29, 1.82) is 0 Å². The fourth-order valence-corrected chi connectivity index (χ4v) is 3.69. The summed E-state index contributed by atoms with van der Waals surface area (Å²) < 4.78 is 0. The zero-order valence-corrected chi connectivity index (χ0v) is 19.4. The molecule has 3 heterocycles. The van der Waals surface area contributed by atoms with Crippen LogP contribution in [0.2, 0.25) is 0 Å². The van der Waals surface area contributed by atoms with Gasteiger partial charge in [-0.1, -0.05) is 24.3 Å². The highest BCUT2D eigenvalue weighted by atomic mass is 16.3. The maximum Gasteiger partial charge on any atom is 0.273 e. The molecular formula is C26H22N8O2. The Bertz CT molecular complexity index is 1480. The normalized spacial score (nSPS) is 11.2. The second kappa shape index (κ2) is 10.1. The van der Waals surface area contributed by atoms with Gasteiger partial charge in [0.25, 0.3) is 5.95 Å². The first-order valence-corrected chi connectivity index (χ1v) is 11.2. The van der Waals surface area contributed by atoms with Crippen LogP contribution in [0.25, 0.3) is 10.8 Å². The minimum Gasteiger partial charge on any atom is -0.508 e. The molecule has 0 unspecified atom stereocenters. The number of rotatable bonds is 7. The molecule has 0 aliphatic rings. The zero-order chi connectivity index (χ0) is 24.9. The summed E-state index contributed by atoms with van der Waals surface area (Å²) in [6.45, 7) is 2.64. The van der Waals surface area contributed by atoms with Crippen LogP contribution in [0.4, 0.5) is 17.6 Å². The summed E-state index contributed by atoms with van der Waals surface area (Å²) in [5.41, 5.74) is 1.90. The summed E-state index contributed by atoms with van der Waals surface area (Å²) in [5.74, 6) is 0.923. The van der Waals surface area contributed by atoms with Crippen molar-refractivity contribution >= 4 is 28.4 Å². The summed E-state index contributed by atoms with van der Waals surface area (Å²) >= 11 is 0. The van der Waals surface area contributed by atoms with Gasteiger partial charge in [0.05, 0.1) is 24.5 Å². The smallest absolute Gasteiger partial charge is 0.273 e. The molecular weight excluding hydrogens is 456 g/mol. The van der Waals surface area contributed by atoms with E-state index < -0.39 is 0 Å². The average molecular weight is 479 g/mol. The Morgan fingerprint density at radius 3 is 2.14 bits per heavy atom. The second-order valence-electron chi connectivity index (χ2n) is 8.02. The van der Waals surface area contributed by atoms with Crippen molar-refractivity contribution in [2.24, 2.45) is 10.2 Å². The van der Waals surface area contributed by atoms with Crippen molar-refractivity contribution < 1.29 is 10.2 Å². The summed E-state index contributed by atoms with van der Waals surface area (Å²) in [5, 5.41) is 30.1. The molecule has 5 aromatic rings. The Balaban J connectivity index is 1.51. The van der Waals surface area contributed by atoms with Gasteiger partial charge < -0.3 is 15.1 Å². The molecule has 0 atom stereocenters. The van der Waals surface area contributed by atoms with Crippen LogP contribution in [0.3, 0.4) is 0 Å². The minimum absolute atomic E-state index is 0.0579. The highest BCUT2D eigenvalue weighted by Gasteiger charge is 2.16. The van der Waals surface area contributed by atoms with Crippen molar-refractivity contribution in [1.82, 2.24) is 24.9 Å². The van der Waals surface area contributed by atoms with Crippen molar-refractivity contribution in [3.63, 3.8) is 0 Å². The highest BCUT2D eigenvalue weighted by Crippen LogP contribution is 2.37. The molecule has 0 saturated carbocycles. The number of azo groups is 1. The van der Waals surface area contributed by atoms with E-state index >= 15 is 0 Å². The van der Waals surface area contributed by atoms with Crippen LogP contribution in [0, 0.1) is 6.92 Å². The quantitative estimate of drug-likeness (QED) is 0.307. The number of benzene rings is 2. The van der Waals surface area contributed by atoms with E-state index in [1.54, 1.807) is 37.5 Å². The molecule has 0 aliphatic carbocycles. The number of aromatic nitrogens is 5. The van der Waals surface area contributed by atoms with E-state index in [9.17, 15) is 10.2 Å². The van der Waals surface area contributed by atoms with E-state index in [1.807, 2.05) is 41.3 Å². The van der Waals surface area contributed by atoms with E-state index in [-0.39, 0.29) is 23.1 Å². The van der Waals surface area contributed by atoms with Crippen LogP contribution >= 0.6 is 0 Å². The SMILES string of the molecule is Cc1nc(N=Nc2c(O)ccc3ccc(O)cc23)nc(N(Cc2ccccn2)Cc2ccccn2)n1. The fraction of sp³-hybridized carbons (Fsp3) is 0.115. The molecule has 10 heteroatoms. The summed E-state index contributed by atoms with van der Waals surface area (Å²) in [6, 6.07) is 19.5. The predicted octanol–water partition coefficient (Wildman–Crippen LogP) is 5.16. The van der Waals surface area contributed by atoms with Gasteiger partial charge in [0.2, 0.25) is 5.95 Å². The topological polar surface area (TPSA) is 133 Å². The predicted molar refractivity (Wildman–Crippen MR) is 134 cm³/mol. The zero-order valence-electron chi connectivity index (χ0n) is 19.4. The van der Waals surface area contributed by atoms with Crippen molar-refractivity contribution in [3.05, 3.63) is 96.3 Å². The van der Waals surface area contributed by atoms with E-state index in [1.165, 1.54) is 12.1 Å². The van der Waals surface area contributed by atoms with Gasteiger partial charge in [-0.05, 0) is 54.8 Å². The lowest BCUT2D eigenvalue weighted by Crippen LogP contribution is -2.25. The first-order valence-electron chi connectivity index (χ1n) is 11.2. The molecule has 0 aliphatic heterocycles. The molecule has 178 valence electrons. The third kappa shape index (κ3) is 5.22. The molecule has 3 aromatic heterocycles.